The predicted octanol–water partition coefficient (Wildman–Crippen LogP) is 1.76. The summed E-state index contributed by atoms with van der Waals surface area (Å²) in [7, 11) is 0. The summed E-state index contributed by atoms with van der Waals surface area (Å²) in [6, 6.07) is 9.35. The van der Waals surface area contributed by atoms with Gasteiger partial charge in [-0.25, -0.2) is 0 Å². The second-order valence-corrected chi connectivity index (χ2v) is 5.92. The van der Waals surface area contributed by atoms with Crippen molar-refractivity contribution in [3.05, 3.63) is 47.3 Å². The number of anilines is 1. The summed E-state index contributed by atoms with van der Waals surface area (Å²) in [6.07, 6.45) is 0.449. The minimum absolute atomic E-state index is 0.0245. The maximum atomic E-state index is 12.2. The highest BCUT2D eigenvalue weighted by Crippen LogP contribution is 2.22. The topological polar surface area (TPSA) is 75.4 Å². The van der Waals surface area contributed by atoms with Crippen molar-refractivity contribution < 1.29 is 14.1 Å². The molecule has 0 unspecified atom stereocenters. The Labute approximate surface area is 134 Å². The Morgan fingerprint density at radius 3 is 2.91 bits per heavy atom. The lowest BCUT2D eigenvalue weighted by molar-refractivity contribution is -0.121. The van der Waals surface area contributed by atoms with Crippen LogP contribution in [0.25, 0.3) is 0 Å². The Morgan fingerprint density at radius 1 is 1.39 bits per heavy atom. The van der Waals surface area contributed by atoms with Gasteiger partial charge in [0.15, 0.2) is 0 Å². The van der Waals surface area contributed by atoms with Gasteiger partial charge in [0.05, 0.1) is 18.2 Å². The van der Waals surface area contributed by atoms with Crippen molar-refractivity contribution in [2.24, 2.45) is 0 Å². The Kier molecular flexibility index (Phi) is 4.14. The number of amides is 2. The number of aromatic nitrogens is 1. The van der Waals surface area contributed by atoms with Gasteiger partial charge in [-0.15, -0.1) is 0 Å². The molecular weight excluding hydrogens is 294 g/mol. The first-order chi connectivity index (χ1) is 11.0. The minimum Gasteiger partial charge on any atom is -0.361 e. The zero-order chi connectivity index (χ0) is 16.4. The molecule has 0 aliphatic carbocycles. The second-order valence-electron chi connectivity index (χ2n) is 5.92. The van der Waals surface area contributed by atoms with E-state index in [1.807, 2.05) is 31.2 Å². The average molecular weight is 313 g/mol. The van der Waals surface area contributed by atoms with Crippen molar-refractivity contribution in [3.8, 4) is 0 Å². The van der Waals surface area contributed by atoms with Crippen LogP contribution in [0.15, 0.2) is 34.9 Å². The summed E-state index contributed by atoms with van der Waals surface area (Å²) in [6.45, 7) is 4.28. The maximum absolute atomic E-state index is 12.2. The number of hydrogen-bond donors (Lipinski definition) is 1. The van der Waals surface area contributed by atoms with E-state index >= 15 is 0 Å². The van der Waals surface area contributed by atoms with Gasteiger partial charge >= 0.3 is 0 Å². The number of hydrogen-bond acceptors (Lipinski definition) is 4. The molecule has 6 nitrogen and oxygen atoms in total. The molecule has 0 bridgehead atoms. The lowest BCUT2D eigenvalue weighted by Crippen LogP contribution is -2.38. The number of aryl methyl sites for hydroxylation is 2. The average Bonchev–Trinajstić information content (AvgIpc) is 3.04. The number of carbonyl (C=O) groups is 2. The molecule has 2 amide bonds. The van der Waals surface area contributed by atoms with Crippen molar-refractivity contribution in [2.45, 2.75) is 32.7 Å². The molecule has 0 radical (unpaired) electrons. The number of rotatable bonds is 4. The van der Waals surface area contributed by atoms with Crippen LogP contribution in [0.5, 0.6) is 0 Å². The molecule has 1 aliphatic rings. The highest BCUT2D eigenvalue weighted by atomic mass is 16.5. The number of benzene rings is 1. The Bertz CT molecular complexity index is 738. The molecule has 1 aromatic heterocycles. The van der Waals surface area contributed by atoms with Gasteiger partial charge in [-0.1, -0.05) is 17.3 Å². The van der Waals surface area contributed by atoms with E-state index in [0.717, 1.165) is 16.9 Å². The van der Waals surface area contributed by atoms with Crippen LogP contribution < -0.4 is 10.2 Å². The molecule has 1 aromatic carbocycles. The van der Waals surface area contributed by atoms with Gasteiger partial charge in [0.2, 0.25) is 11.8 Å². The molecule has 1 atom stereocenters. The Hall–Kier alpha value is -2.63. The van der Waals surface area contributed by atoms with Crippen LogP contribution in [0.3, 0.4) is 0 Å². The fraction of sp³-hybridized carbons (Fsp3) is 0.353. The van der Waals surface area contributed by atoms with Crippen molar-refractivity contribution in [3.63, 3.8) is 0 Å². The van der Waals surface area contributed by atoms with Crippen molar-refractivity contribution >= 4 is 17.5 Å². The highest BCUT2D eigenvalue weighted by Gasteiger charge is 2.31. The molecule has 2 aromatic rings. The molecule has 1 saturated heterocycles. The van der Waals surface area contributed by atoms with Crippen LogP contribution in [0, 0.1) is 13.8 Å². The quantitative estimate of drug-likeness (QED) is 0.933. The van der Waals surface area contributed by atoms with Crippen LogP contribution in [0.4, 0.5) is 5.69 Å². The standard InChI is InChI=1S/C17H19N3O3/c1-11-4-3-5-14(6-11)20-10-13(8-17(20)22)18-16(21)9-15-7-12(2)19-23-15/h3-7,13H,8-10H2,1-2H3,(H,18,21)/t13-/m1/s1. The van der Waals surface area contributed by atoms with E-state index in [4.69, 9.17) is 4.52 Å². The molecule has 1 aliphatic heterocycles. The number of nitrogens with zero attached hydrogens (tertiary/aromatic N) is 2. The van der Waals surface area contributed by atoms with E-state index in [1.165, 1.54) is 0 Å². The van der Waals surface area contributed by atoms with Crippen LogP contribution in [-0.2, 0) is 16.0 Å². The van der Waals surface area contributed by atoms with Crippen LogP contribution in [0.1, 0.15) is 23.4 Å². The monoisotopic (exact) mass is 313 g/mol. The molecule has 2 heterocycles. The van der Waals surface area contributed by atoms with Crippen molar-refractivity contribution in [1.82, 2.24) is 10.5 Å². The lowest BCUT2D eigenvalue weighted by Gasteiger charge is -2.17. The number of nitrogens with one attached hydrogen (secondary N) is 1. The second kappa shape index (κ2) is 6.24. The Morgan fingerprint density at radius 2 is 2.22 bits per heavy atom. The fourth-order valence-corrected chi connectivity index (χ4v) is 2.79. The van der Waals surface area contributed by atoms with Crippen molar-refractivity contribution in [2.75, 3.05) is 11.4 Å². The van der Waals surface area contributed by atoms with Gasteiger partial charge in [0, 0.05) is 24.7 Å². The van der Waals surface area contributed by atoms with E-state index in [-0.39, 0.29) is 24.3 Å². The van der Waals surface area contributed by atoms with E-state index in [0.29, 0.717) is 18.7 Å². The lowest BCUT2D eigenvalue weighted by atomic mass is 10.2. The predicted molar refractivity (Wildman–Crippen MR) is 85.0 cm³/mol. The van der Waals surface area contributed by atoms with Crippen LogP contribution in [0.2, 0.25) is 0 Å². The van der Waals surface area contributed by atoms with E-state index in [2.05, 4.69) is 10.5 Å². The molecule has 1 N–H and O–H groups in total. The molecule has 23 heavy (non-hydrogen) atoms. The molecule has 1 fully saturated rings. The summed E-state index contributed by atoms with van der Waals surface area (Å²) in [5.74, 6) is 0.390. The smallest absolute Gasteiger partial charge is 0.229 e. The maximum Gasteiger partial charge on any atom is 0.229 e. The zero-order valence-corrected chi connectivity index (χ0v) is 13.2. The third kappa shape index (κ3) is 3.59. The first-order valence-corrected chi connectivity index (χ1v) is 7.60. The molecule has 120 valence electrons. The van der Waals surface area contributed by atoms with E-state index in [9.17, 15) is 9.59 Å². The Balaban J connectivity index is 1.60. The zero-order valence-electron chi connectivity index (χ0n) is 13.2. The largest absolute Gasteiger partial charge is 0.361 e. The van der Waals surface area contributed by atoms with Crippen molar-refractivity contribution in [1.29, 1.82) is 0 Å². The van der Waals surface area contributed by atoms with Gasteiger partial charge in [-0.2, -0.15) is 0 Å². The minimum atomic E-state index is -0.181. The summed E-state index contributed by atoms with van der Waals surface area (Å²) in [4.78, 5) is 26.0. The fourth-order valence-electron chi connectivity index (χ4n) is 2.79. The summed E-state index contributed by atoms with van der Waals surface area (Å²) in [5.41, 5.74) is 2.72. The van der Waals surface area contributed by atoms with Gasteiger partial charge in [0.1, 0.15) is 5.76 Å². The molecular formula is C17H19N3O3. The molecule has 0 saturated carbocycles. The van der Waals surface area contributed by atoms with Crippen LogP contribution in [-0.4, -0.2) is 29.6 Å². The third-order valence-corrected chi connectivity index (χ3v) is 3.82. The summed E-state index contributed by atoms with van der Waals surface area (Å²) in [5, 5.41) is 6.65. The normalized spacial score (nSPS) is 17.6. The first-order valence-electron chi connectivity index (χ1n) is 7.60. The number of carbonyl (C=O) groups excluding carboxylic acids is 2. The van der Waals surface area contributed by atoms with Gasteiger partial charge in [-0.3, -0.25) is 9.59 Å². The van der Waals surface area contributed by atoms with Gasteiger partial charge in [0.25, 0.3) is 0 Å². The third-order valence-electron chi connectivity index (χ3n) is 3.82. The van der Waals surface area contributed by atoms with Crippen LogP contribution >= 0.6 is 0 Å². The first kappa shape index (κ1) is 15.3. The van der Waals surface area contributed by atoms with Gasteiger partial charge in [-0.05, 0) is 31.5 Å². The van der Waals surface area contributed by atoms with E-state index < -0.39 is 0 Å². The molecule has 0 spiro atoms. The van der Waals surface area contributed by atoms with Gasteiger partial charge < -0.3 is 14.7 Å². The molecule has 3 rings (SSSR count). The SMILES string of the molecule is Cc1cccc(N2C[C@H](NC(=O)Cc3cc(C)no3)CC2=O)c1. The summed E-state index contributed by atoms with van der Waals surface area (Å²) >= 11 is 0. The van der Waals surface area contributed by atoms with E-state index in [1.54, 1.807) is 17.9 Å². The highest BCUT2D eigenvalue weighted by molar-refractivity contribution is 5.97. The summed E-state index contributed by atoms with van der Waals surface area (Å²) < 4.78 is 5.04. The molecule has 6 heteroatoms.